The molecular weight excluding hydrogens is 218 g/mol. The number of hydrogen-bond acceptors (Lipinski definition) is 3. The van der Waals surface area contributed by atoms with Crippen LogP contribution < -0.4 is 17.0 Å². The fraction of sp³-hybridized carbons (Fsp3) is 0.167. The molecule has 0 spiro atoms. The zero-order valence-corrected chi connectivity index (χ0v) is 9.22. The zero-order valence-electron chi connectivity index (χ0n) is 9.22. The van der Waals surface area contributed by atoms with Gasteiger partial charge in [-0.15, -0.1) is 0 Å². The number of nitrogens with one attached hydrogen (secondary N) is 1. The molecule has 1 heterocycles. The number of rotatable bonds is 3. The van der Waals surface area contributed by atoms with E-state index in [1.54, 1.807) is 0 Å². The van der Waals surface area contributed by atoms with E-state index in [1.165, 1.54) is 16.8 Å². The van der Waals surface area contributed by atoms with Crippen molar-refractivity contribution in [2.45, 2.75) is 13.0 Å². The van der Waals surface area contributed by atoms with Gasteiger partial charge in [0.05, 0.1) is 0 Å². The molecule has 0 bridgehead atoms. The van der Waals surface area contributed by atoms with E-state index in [0.717, 1.165) is 11.3 Å². The minimum Gasteiger partial charge on any atom is -0.399 e. The topological polar surface area (TPSA) is 80.9 Å². The van der Waals surface area contributed by atoms with Gasteiger partial charge in [-0.25, -0.2) is 4.79 Å². The van der Waals surface area contributed by atoms with E-state index in [1.807, 2.05) is 24.3 Å². The van der Waals surface area contributed by atoms with Crippen LogP contribution in [0.4, 0.5) is 5.69 Å². The average Bonchev–Trinajstić information content (AvgIpc) is 2.30. The number of H-pyrrole nitrogens is 1. The van der Waals surface area contributed by atoms with Crippen LogP contribution in [0.3, 0.4) is 0 Å². The number of nitrogens with zero attached hydrogens (tertiary/aromatic N) is 1. The first-order valence-electron chi connectivity index (χ1n) is 5.29. The highest BCUT2D eigenvalue weighted by atomic mass is 16.2. The Morgan fingerprint density at radius 1 is 1.12 bits per heavy atom. The Morgan fingerprint density at radius 2 is 1.82 bits per heavy atom. The van der Waals surface area contributed by atoms with Gasteiger partial charge in [0.25, 0.3) is 5.56 Å². The first kappa shape index (κ1) is 11.2. The van der Waals surface area contributed by atoms with Gasteiger partial charge in [0, 0.05) is 24.5 Å². The Labute approximate surface area is 97.5 Å². The molecule has 5 nitrogen and oxygen atoms in total. The van der Waals surface area contributed by atoms with Gasteiger partial charge in [0.15, 0.2) is 0 Å². The number of benzene rings is 1. The SMILES string of the molecule is Nc1ccc(CCn2ccc(=O)[nH]c2=O)cc1. The third-order valence-electron chi connectivity index (χ3n) is 2.52. The van der Waals surface area contributed by atoms with Gasteiger partial charge in [-0.3, -0.25) is 9.78 Å². The first-order chi connectivity index (χ1) is 8.15. The van der Waals surface area contributed by atoms with Crippen molar-refractivity contribution in [3.63, 3.8) is 0 Å². The van der Waals surface area contributed by atoms with Crippen molar-refractivity contribution < 1.29 is 0 Å². The molecule has 1 aromatic heterocycles. The highest BCUT2D eigenvalue weighted by molar-refractivity contribution is 5.39. The van der Waals surface area contributed by atoms with Gasteiger partial charge >= 0.3 is 5.69 Å². The van der Waals surface area contributed by atoms with Crippen molar-refractivity contribution in [1.82, 2.24) is 9.55 Å². The van der Waals surface area contributed by atoms with Crippen LogP contribution in [-0.2, 0) is 13.0 Å². The highest BCUT2D eigenvalue weighted by Crippen LogP contribution is 2.06. The highest BCUT2D eigenvalue weighted by Gasteiger charge is 1.97. The van der Waals surface area contributed by atoms with Crippen LogP contribution in [0.2, 0.25) is 0 Å². The van der Waals surface area contributed by atoms with Crippen molar-refractivity contribution >= 4 is 5.69 Å². The lowest BCUT2D eigenvalue weighted by Crippen LogP contribution is -2.29. The van der Waals surface area contributed by atoms with Gasteiger partial charge in [0.1, 0.15) is 0 Å². The number of nitrogens with two attached hydrogens (primary N) is 1. The zero-order chi connectivity index (χ0) is 12.3. The molecule has 2 aromatic rings. The fourth-order valence-corrected chi connectivity index (χ4v) is 1.55. The summed E-state index contributed by atoms with van der Waals surface area (Å²) >= 11 is 0. The standard InChI is InChI=1S/C12H13N3O2/c13-10-3-1-9(2-4-10)5-7-15-8-6-11(16)14-12(15)17/h1-4,6,8H,5,7,13H2,(H,14,16,17). The molecule has 0 fully saturated rings. The third kappa shape index (κ3) is 2.84. The predicted molar refractivity (Wildman–Crippen MR) is 65.9 cm³/mol. The molecule has 17 heavy (non-hydrogen) atoms. The maximum atomic E-state index is 11.4. The van der Waals surface area contributed by atoms with E-state index in [-0.39, 0.29) is 11.2 Å². The lowest BCUT2D eigenvalue weighted by atomic mass is 10.1. The molecular formula is C12H13N3O2. The lowest BCUT2D eigenvalue weighted by Gasteiger charge is -2.04. The largest absolute Gasteiger partial charge is 0.399 e. The minimum absolute atomic E-state index is 0.376. The molecule has 0 saturated carbocycles. The summed E-state index contributed by atoms with van der Waals surface area (Å²) in [5, 5.41) is 0. The number of aryl methyl sites for hydroxylation is 2. The molecule has 0 aliphatic carbocycles. The van der Waals surface area contributed by atoms with E-state index >= 15 is 0 Å². The van der Waals surface area contributed by atoms with Crippen LogP contribution in [0.5, 0.6) is 0 Å². The quantitative estimate of drug-likeness (QED) is 0.748. The lowest BCUT2D eigenvalue weighted by molar-refractivity contribution is 0.645. The number of aromatic amines is 1. The second-order valence-electron chi connectivity index (χ2n) is 3.80. The van der Waals surface area contributed by atoms with Gasteiger partial charge < -0.3 is 10.3 Å². The summed E-state index contributed by atoms with van der Waals surface area (Å²) < 4.78 is 1.47. The molecule has 0 amide bonds. The summed E-state index contributed by atoms with van der Waals surface area (Å²) in [6.45, 7) is 0.527. The van der Waals surface area contributed by atoms with Crippen molar-refractivity contribution in [2.75, 3.05) is 5.73 Å². The molecule has 0 saturated heterocycles. The molecule has 88 valence electrons. The van der Waals surface area contributed by atoms with Gasteiger partial charge in [-0.05, 0) is 24.1 Å². The Balaban J connectivity index is 2.10. The monoisotopic (exact) mass is 231 g/mol. The Morgan fingerprint density at radius 3 is 2.47 bits per heavy atom. The fourth-order valence-electron chi connectivity index (χ4n) is 1.55. The second-order valence-corrected chi connectivity index (χ2v) is 3.80. The van der Waals surface area contributed by atoms with Crippen LogP contribution in [0.25, 0.3) is 0 Å². The molecule has 5 heteroatoms. The first-order valence-corrected chi connectivity index (χ1v) is 5.29. The molecule has 0 unspecified atom stereocenters. The Hall–Kier alpha value is -2.30. The van der Waals surface area contributed by atoms with Crippen LogP contribution >= 0.6 is 0 Å². The molecule has 0 aliphatic rings. The summed E-state index contributed by atoms with van der Waals surface area (Å²) in [6.07, 6.45) is 2.21. The maximum Gasteiger partial charge on any atom is 0.328 e. The maximum absolute atomic E-state index is 11.4. The van der Waals surface area contributed by atoms with E-state index in [9.17, 15) is 9.59 Å². The van der Waals surface area contributed by atoms with Crippen molar-refractivity contribution in [3.05, 3.63) is 62.9 Å². The predicted octanol–water partition coefficient (Wildman–Crippen LogP) is 0.361. The Kier molecular flexibility index (Phi) is 3.09. The Bertz CT molecular complexity index is 611. The van der Waals surface area contributed by atoms with Gasteiger partial charge in [0.2, 0.25) is 0 Å². The summed E-state index contributed by atoms with van der Waals surface area (Å²) in [7, 11) is 0. The molecule has 0 atom stereocenters. The number of nitrogen functional groups attached to an aromatic ring is 1. The number of hydrogen-bond donors (Lipinski definition) is 2. The van der Waals surface area contributed by atoms with Gasteiger partial charge in [-0.2, -0.15) is 0 Å². The molecule has 2 rings (SSSR count). The summed E-state index contributed by atoms with van der Waals surface area (Å²) in [5.41, 5.74) is 6.63. The smallest absolute Gasteiger partial charge is 0.328 e. The van der Waals surface area contributed by atoms with E-state index in [4.69, 9.17) is 5.73 Å². The van der Waals surface area contributed by atoms with Crippen LogP contribution in [0.15, 0.2) is 46.1 Å². The van der Waals surface area contributed by atoms with Crippen molar-refractivity contribution in [1.29, 1.82) is 0 Å². The number of aromatic nitrogens is 2. The molecule has 0 aliphatic heterocycles. The third-order valence-corrected chi connectivity index (χ3v) is 2.52. The normalized spacial score (nSPS) is 10.4. The van der Waals surface area contributed by atoms with Crippen LogP contribution in [0, 0.1) is 0 Å². The van der Waals surface area contributed by atoms with Crippen molar-refractivity contribution in [3.8, 4) is 0 Å². The number of anilines is 1. The molecule has 3 N–H and O–H groups in total. The summed E-state index contributed by atoms with van der Waals surface area (Å²) in [5.74, 6) is 0. The van der Waals surface area contributed by atoms with E-state index in [0.29, 0.717) is 13.0 Å². The van der Waals surface area contributed by atoms with E-state index in [2.05, 4.69) is 4.98 Å². The van der Waals surface area contributed by atoms with Crippen LogP contribution in [-0.4, -0.2) is 9.55 Å². The molecule has 1 aromatic carbocycles. The molecule has 0 radical (unpaired) electrons. The van der Waals surface area contributed by atoms with Crippen LogP contribution in [0.1, 0.15) is 5.56 Å². The second kappa shape index (κ2) is 4.69. The summed E-state index contributed by atoms with van der Waals surface area (Å²) in [4.78, 5) is 24.5. The summed E-state index contributed by atoms with van der Waals surface area (Å²) in [6, 6.07) is 8.83. The average molecular weight is 231 g/mol. The van der Waals surface area contributed by atoms with Crippen molar-refractivity contribution in [2.24, 2.45) is 0 Å². The minimum atomic E-state index is -0.382. The van der Waals surface area contributed by atoms with Gasteiger partial charge in [-0.1, -0.05) is 12.1 Å². The van der Waals surface area contributed by atoms with E-state index < -0.39 is 0 Å².